The molecule has 1 fully saturated rings. The Morgan fingerprint density at radius 2 is 2.18 bits per heavy atom. The molecule has 1 amide bonds. The highest BCUT2D eigenvalue weighted by atomic mass is 19.1. The molecule has 148 valence electrons. The van der Waals surface area contributed by atoms with Crippen LogP contribution in [0.15, 0.2) is 18.3 Å². The molecule has 1 N–H and O–H groups in total. The van der Waals surface area contributed by atoms with Crippen LogP contribution in [0.1, 0.15) is 44.7 Å². The van der Waals surface area contributed by atoms with E-state index in [-0.39, 0.29) is 17.6 Å². The van der Waals surface area contributed by atoms with Gasteiger partial charge in [-0.05, 0) is 43.4 Å². The Morgan fingerprint density at radius 3 is 2.86 bits per heavy atom. The maximum atomic E-state index is 14.1. The van der Waals surface area contributed by atoms with E-state index in [1.807, 2.05) is 27.7 Å². The molecule has 5 nitrogen and oxygen atoms in total. The summed E-state index contributed by atoms with van der Waals surface area (Å²) in [6.07, 6.45) is 3.55. The van der Waals surface area contributed by atoms with E-state index in [2.05, 4.69) is 21.3 Å². The smallest absolute Gasteiger partial charge is 0.225 e. The molecule has 6 heteroatoms. The number of anilines is 1. The molecule has 0 saturated carbocycles. The standard InChI is InChI=1S/C22H27FN4O/c1-14-8-17(23)9-18-19(14)25-12-16(10-24)20(18)27-7-5-6-15(13-27)11-26-21(28)22(2,3)4/h8-9,12,15H,5-7,11,13H2,1-4H3,(H,26,28). The van der Waals surface area contributed by atoms with E-state index in [0.717, 1.165) is 36.2 Å². The van der Waals surface area contributed by atoms with Crippen molar-refractivity contribution >= 4 is 22.5 Å². The molecule has 1 unspecified atom stereocenters. The number of aromatic nitrogens is 1. The van der Waals surface area contributed by atoms with Gasteiger partial charge in [0.1, 0.15) is 11.9 Å². The van der Waals surface area contributed by atoms with E-state index in [0.29, 0.717) is 24.0 Å². The van der Waals surface area contributed by atoms with Crippen LogP contribution in [0.4, 0.5) is 10.1 Å². The molecular weight excluding hydrogens is 355 g/mol. The first-order valence-electron chi connectivity index (χ1n) is 9.73. The summed E-state index contributed by atoms with van der Waals surface area (Å²) in [6.45, 7) is 9.64. The van der Waals surface area contributed by atoms with Crippen molar-refractivity contribution in [3.8, 4) is 6.07 Å². The Hall–Kier alpha value is -2.68. The minimum atomic E-state index is -0.418. The van der Waals surface area contributed by atoms with Crippen LogP contribution in [0.2, 0.25) is 0 Å². The van der Waals surface area contributed by atoms with Crippen molar-refractivity contribution in [2.45, 2.75) is 40.5 Å². The molecule has 0 spiro atoms. The lowest BCUT2D eigenvalue weighted by atomic mass is 9.93. The Balaban J connectivity index is 1.89. The summed E-state index contributed by atoms with van der Waals surface area (Å²) in [5.74, 6) is -0.00648. The van der Waals surface area contributed by atoms with E-state index in [9.17, 15) is 14.4 Å². The fraction of sp³-hybridized carbons (Fsp3) is 0.500. The zero-order valence-corrected chi connectivity index (χ0v) is 17.0. The number of carbonyl (C=O) groups excluding carboxylic acids is 1. The van der Waals surface area contributed by atoms with Gasteiger partial charge < -0.3 is 10.2 Å². The molecule has 28 heavy (non-hydrogen) atoms. The molecule has 2 heterocycles. The van der Waals surface area contributed by atoms with E-state index < -0.39 is 5.41 Å². The summed E-state index contributed by atoms with van der Waals surface area (Å²) in [6, 6.07) is 5.15. The molecule has 0 radical (unpaired) electrons. The van der Waals surface area contributed by atoms with Gasteiger partial charge in [0.05, 0.1) is 16.8 Å². The summed E-state index contributed by atoms with van der Waals surface area (Å²) in [4.78, 5) is 18.7. The minimum absolute atomic E-state index is 0.0365. The summed E-state index contributed by atoms with van der Waals surface area (Å²) in [7, 11) is 0. The number of halogens is 1. The normalized spacial score (nSPS) is 17.4. The molecule has 2 aromatic rings. The number of nitriles is 1. The maximum absolute atomic E-state index is 14.1. The predicted molar refractivity (Wildman–Crippen MR) is 109 cm³/mol. The fourth-order valence-corrected chi connectivity index (χ4v) is 3.78. The lowest BCUT2D eigenvalue weighted by Gasteiger charge is -2.36. The summed E-state index contributed by atoms with van der Waals surface area (Å²) < 4.78 is 14.1. The van der Waals surface area contributed by atoms with Gasteiger partial charge in [-0.25, -0.2) is 4.39 Å². The van der Waals surface area contributed by atoms with Crippen molar-refractivity contribution in [1.82, 2.24) is 10.3 Å². The van der Waals surface area contributed by atoms with Crippen molar-refractivity contribution in [2.75, 3.05) is 24.5 Å². The lowest BCUT2D eigenvalue weighted by molar-refractivity contribution is -0.128. The summed E-state index contributed by atoms with van der Waals surface area (Å²) >= 11 is 0. The molecule has 1 aromatic heterocycles. The number of pyridine rings is 1. The Bertz CT molecular complexity index is 942. The summed E-state index contributed by atoms with van der Waals surface area (Å²) in [5, 5.41) is 13.3. The van der Waals surface area contributed by atoms with Gasteiger partial charge in [0, 0.05) is 36.6 Å². The molecule has 1 saturated heterocycles. The first-order valence-corrected chi connectivity index (χ1v) is 9.73. The number of carbonyl (C=O) groups is 1. The second-order valence-electron chi connectivity index (χ2n) is 8.67. The molecule has 0 aliphatic carbocycles. The predicted octanol–water partition coefficient (Wildman–Crippen LogP) is 3.93. The van der Waals surface area contributed by atoms with Crippen molar-refractivity contribution in [3.05, 3.63) is 35.3 Å². The number of nitrogens with one attached hydrogen (secondary N) is 1. The Morgan fingerprint density at radius 1 is 1.43 bits per heavy atom. The topological polar surface area (TPSA) is 69.0 Å². The number of nitrogens with zero attached hydrogens (tertiary/aromatic N) is 3. The van der Waals surface area contributed by atoms with E-state index in [4.69, 9.17) is 0 Å². The van der Waals surface area contributed by atoms with Crippen LogP contribution in [0.3, 0.4) is 0 Å². The third-order valence-corrected chi connectivity index (χ3v) is 5.29. The van der Waals surface area contributed by atoms with Crippen LogP contribution in [0.5, 0.6) is 0 Å². The third-order valence-electron chi connectivity index (χ3n) is 5.29. The number of hydrogen-bond donors (Lipinski definition) is 1. The highest BCUT2D eigenvalue weighted by molar-refractivity contribution is 5.96. The number of rotatable bonds is 3. The molecule has 0 bridgehead atoms. The number of hydrogen-bond acceptors (Lipinski definition) is 4. The largest absolute Gasteiger partial charge is 0.370 e. The average molecular weight is 382 g/mol. The Labute approximate surface area is 165 Å². The molecule has 1 aromatic carbocycles. The second-order valence-corrected chi connectivity index (χ2v) is 8.67. The molecule has 1 atom stereocenters. The monoisotopic (exact) mass is 382 g/mol. The molecule has 1 aliphatic rings. The van der Waals surface area contributed by atoms with Gasteiger partial charge in [0.15, 0.2) is 0 Å². The number of piperidine rings is 1. The van der Waals surface area contributed by atoms with Crippen molar-refractivity contribution < 1.29 is 9.18 Å². The van der Waals surface area contributed by atoms with Gasteiger partial charge in [-0.15, -0.1) is 0 Å². The van der Waals surface area contributed by atoms with Gasteiger partial charge in [-0.2, -0.15) is 5.26 Å². The molecule has 1 aliphatic heterocycles. The quantitative estimate of drug-likeness (QED) is 0.873. The van der Waals surface area contributed by atoms with Crippen LogP contribution in [-0.4, -0.2) is 30.5 Å². The first-order chi connectivity index (χ1) is 13.2. The van der Waals surface area contributed by atoms with E-state index >= 15 is 0 Å². The van der Waals surface area contributed by atoms with E-state index in [1.165, 1.54) is 12.1 Å². The number of benzene rings is 1. The maximum Gasteiger partial charge on any atom is 0.225 e. The molecule has 3 rings (SSSR count). The van der Waals surface area contributed by atoms with E-state index in [1.54, 1.807) is 6.20 Å². The number of fused-ring (bicyclic) bond motifs is 1. The van der Waals surface area contributed by atoms with Gasteiger partial charge in [-0.1, -0.05) is 20.8 Å². The van der Waals surface area contributed by atoms with Crippen LogP contribution >= 0.6 is 0 Å². The zero-order valence-electron chi connectivity index (χ0n) is 17.0. The van der Waals surface area contributed by atoms with Crippen molar-refractivity contribution in [1.29, 1.82) is 5.26 Å². The fourth-order valence-electron chi connectivity index (χ4n) is 3.78. The van der Waals surface area contributed by atoms with Gasteiger partial charge in [0.2, 0.25) is 5.91 Å². The number of aryl methyl sites for hydroxylation is 1. The minimum Gasteiger partial charge on any atom is -0.370 e. The van der Waals surface area contributed by atoms with Crippen LogP contribution < -0.4 is 10.2 Å². The third kappa shape index (κ3) is 4.09. The van der Waals surface area contributed by atoms with Crippen LogP contribution in [0, 0.1) is 35.4 Å². The number of amides is 1. The SMILES string of the molecule is Cc1cc(F)cc2c(N3CCCC(CNC(=O)C(C)(C)C)C3)c(C#N)cnc12. The zero-order chi connectivity index (χ0) is 20.5. The highest BCUT2D eigenvalue weighted by Gasteiger charge is 2.27. The van der Waals surface area contributed by atoms with Crippen LogP contribution in [0.25, 0.3) is 10.9 Å². The average Bonchev–Trinajstić information content (AvgIpc) is 2.64. The summed E-state index contributed by atoms with van der Waals surface area (Å²) in [5.41, 5.74) is 2.27. The van der Waals surface area contributed by atoms with Crippen molar-refractivity contribution in [2.24, 2.45) is 11.3 Å². The van der Waals surface area contributed by atoms with Gasteiger partial charge >= 0.3 is 0 Å². The first kappa shape index (κ1) is 20.1. The molecular formula is C22H27FN4O. The highest BCUT2D eigenvalue weighted by Crippen LogP contribution is 2.34. The van der Waals surface area contributed by atoms with Gasteiger partial charge in [0.25, 0.3) is 0 Å². The lowest BCUT2D eigenvalue weighted by Crippen LogP contribution is -2.43. The van der Waals surface area contributed by atoms with Crippen molar-refractivity contribution in [3.63, 3.8) is 0 Å². The van der Waals surface area contributed by atoms with Gasteiger partial charge in [-0.3, -0.25) is 9.78 Å². The van der Waals surface area contributed by atoms with Crippen LogP contribution in [-0.2, 0) is 4.79 Å². The second kappa shape index (κ2) is 7.75. The Kier molecular flexibility index (Phi) is 5.55.